The minimum absolute atomic E-state index is 0.0451. The van der Waals surface area contributed by atoms with Gasteiger partial charge in [0.25, 0.3) is 0 Å². The van der Waals surface area contributed by atoms with Crippen molar-refractivity contribution in [3.05, 3.63) is 77.7 Å². The minimum atomic E-state index is -4.71. The number of furan rings is 1. The first-order valence-electron chi connectivity index (χ1n) is 10.7. The molecule has 2 aromatic carbocycles. The molecule has 0 unspecified atom stereocenters. The Hall–Kier alpha value is -3.47. The summed E-state index contributed by atoms with van der Waals surface area (Å²) in [5, 5.41) is 0. The summed E-state index contributed by atoms with van der Waals surface area (Å²) in [5.74, 6) is 0.349. The van der Waals surface area contributed by atoms with Gasteiger partial charge in [0.05, 0.1) is 25.5 Å². The number of amides is 1. The quantitative estimate of drug-likeness (QED) is 0.377. The number of carbonyl (C=O) groups excluding carboxylic acids is 1. The Bertz CT molecular complexity index is 1300. The molecule has 0 N–H and O–H groups in total. The fourth-order valence-electron chi connectivity index (χ4n) is 3.49. The molecule has 186 valence electrons. The molecule has 0 spiro atoms. The van der Waals surface area contributed by atoms with Gasteiger partial charge in [0.15, 0.2) is 11.5 Å². The number of hydrogen-bond donors (Lipinski definition) is 0. The molecule has 7 nitrogen and oxygen atoms in total. The maximum absolute atomic E-state index is 13.0. The lowest BCUT2D eigenvalue weighted by molar-refractivity contribution is -0.137. The zero-order valence-electron chi connectivity index (χ0n) is 18.6. The lowest BCUT2D eigenvalue weighted by atomic mass is 10.1. The van der Waals surface area contributed by atoms with E-state index in [1.165, 1.54) is 25.5 Å². The lowest BCUT2D eigenvalue weighted by Gasteiger charge is -2.22. The molecule has 0 bridgehead atoms. The van der Waals surface area contributed by atoms with Crippen LogP contribution in [-0.2, 0) is 34.2 Å². The third-order valence-corrected chi connectivity index (χ3v) is 6.65. The Kier molecular flexibility index (Phi) is 6.79. The highest BCUT2D eigenvalue weighted by atomic mass is 32.2. The average Bonchev–Trinajstić information content (AvgIpc) is 3.54. The summed E-state index contributed by atoms with van der Waals surface area (Å²) in [6, 6.07) is 11.2. The van der Waals surface area contributed by atoms with Gasteiger partial charge in [-0.3, -0.25) is 4.79 Å². The summed E-state index contributed by atoms with van der Waals surface area (Å²) in [6.45, 7) is 0.368. The first kappa shape index (κ1) is 24.6. The van der Waals surface area contributed by atoms with Crippen LogP contribution in [0, 0.1) is 5.92 Å². The predicted octanol–water partition coefficient (Wildman–Crippen LogP) is 5.01. The lowest BCUT2D eigenvalue weighted by Crippen LogP contribution is -2.31. The topological polar surface area (TPSA) is 86.0 Å². The standard InChI is InChI=1S/C24H22F3NO6S/c1-32-21-10-7-16(14-28(23(29)17-8-9-17)15-19-5-3-11-33-19)12-22(21)34-35(30,31)20-6-2-4-18(13-20)24(25,26)27/h2-7,10-13,17H,8-9,14-15H2,1H3. The van der Waals surface area contributed by atoms with Crippen LogP contribution in [0.5, 0.6) is 11.5 Å². The van der Waals surface area contributed by atoms with E-state index >= 15 is 0 Å². The fraction of sp³-hybridized carbons (Fsp3) is 0.292. The van der Waals surface area contributed by atoms with Crippen LogP contribution < -0.4 is 8.92 Å². The molecule has 1 amide bonds. The van der Waals surface area contributed by atoms with Crippen LogP contribution in [0.4, 0.5) is 13.2 Å². The molecule has 0 aliphatic heterocycles. The summed E-state index contributed by atoms with van der Waals surface area (Å²) in [4.78, 5) is 13.8. The number of hydrogen-bond acceptors (Lipinski definition) is 6. The second kappa shape index (κ2) is 9.65. The van der Waals surface area contributed by atoms with Crippen LogP contribution in [0.2, 0.25) is 0 Å². The number of methoxy groups -OCH3 is 1. The van der Waals surface area contributed by atoms with Crippen LogP contribution in [-0.4, -0.2) is 26.3 Å². The van der Waals surface area contributed by atoms with Gasteiger partial charge < -0.3 is 18.2 Å². The zero-order valence-corrected chi connectivity index (χ0v) is 19.4. The molecule has 1 saturated carbocycles. The van der Waals surface area contributed by atoms with Crippen molar-refractivity contribution in [3.63, 3.8) is 0 Å². The molecule has 11 heteroatoms. The van der Waals surface area contributed by atoms with Crippen LogP contribution in [0.15, 0.2) is 70.2 Å². The third-order valence-electron chi connectivity index (χ3n) is 5.42. The molecule has 35 heavy (non-hydrogen) atoms. The van der Waals surface area contributed by atoms with Crippen LogP contribution in [0.25, 0.3) is 0 Å². The van der Waals surface area contributed by atoms with Crippen molar-refractivity contribution >= 4 is 16.0 Å². The van der Waals surface area contributed by atoms with E-state index in [1.54, 1.807) is 23.1 Å². The number of alkyl halides is 3. The third kappa shape index (κ3) is 5.97. The van der Waals surface area contributed by atoms with Gasteiger partial charge in [-0.05, 0) is 60.9 Å². The van der Waals surface area contributed by atoms with Gasteiger partial charge in [-0.25, -0.2) is 0 Å². The molecular weight excluding hydrogens is 487 g/mol. The zero-order chi connectivity index (χ0) is 25.2. The molecular formula is C24H22F3NO6S. The van der Waals surface area contributed by atoms with E-state index < -0.39 is 26.8 Å². The highest BCUT2D eigenvalue weighted by Crippen LogP contribution is 2.35. The van der Waals surface area contributed by atoms with Gasteiger partial charge in [-0.15, -0.1) is 0 Å². The maximum Gasteiger partial charge on any atom is 0.416 e. The van der Waals surface area contributed by atoms with Crippen LogP contribution >= 0.6 is 0 Å². The number of rotatable bonds is 9. The van der Waals surface area contributed by atoms with Crippen molar-refractivity contribution in [2.75, 3.05) is 7.11 Å². The van der Waals surface area contributed by atoms with Gasteiger partial charge in [-0.2, -0.15) is 21.6 Å². The van der Waals surface area contributed by atoms with E-state index in [4.69, 9.17) is 13.3 Å². The van der Waals surface area contributed by atoms with Gasteiger partial charge in [0, 0.05) is 12.5 Å². The number of ether oxygens (including phenoxy) is 1. The molecule has 1 heterocycles. The summed E-state index contributed by atoms with van der Waals surface area (Å²) in [7, 11) is -3.31. The fourth-order valence-corrected chi connectivity index (χ4v) is 4.47. The van der Waals surface area contributed by atoms with E-state index in [0.29, 0.717) is 17.4 Å². The Balaban J connectivity index is 1.60. The van der Waals surface area contributed by atoms with E-state index in [9.17, 15) is 26.4 Å². The molecule has 1 aliphatic carbocycles. The van der Waals surface area contributed by atoms with E-state index in [0.717, 1.165) is 31.0 Å². The smallest absolute Gasteiger partial charge is 0.416 e. The largest absolute Gasteiger partial charge is 0.493 e. The van der Waals surface area contributed by atoms with E-state index in [2.05, 4.69) is 0 Å². The molecule has 1 fully saturated rings. The molecule has 4 rings (SSSR count). The molecule has 3 aromatic rings. The second-order valence-corrected chi connectivity index (χ2v) is 9.64. The van der Waals surface area contributed by atoms with Gasteiger partial charge in [0.1, 0.15) is 10.7 Å². The summed E-state index contributed by atoms with van der Waals surface area (Å²) in [6.07, 6.45) is -1.60. The molecule has 1 aromatic heterocycles. The highest BCUT2D eigenvalue weighted by molar-refractivity contribution is 7.87. The average molecular weight is 510 g/mol. The first-order chi connectivity index (χ1) is 16.6. The van der Waals surface area contributed by atoms with E-state index in [-0.39, 0.29) is 36.4 Å². The monoisotopic (exact) mass is 509 g/mol. The number of nitrogens with zero attached hydrogens (tertiary/aromatic N) is 1. The van der Waals surface area contributed by atoms with Crippen molar-refractivity contribution in [1.82, 2.24) is 4.90 Å². The number of benzene rings is 2. The molecule has 0 atom stereocenters. The molecule has 0 radical (unpaired) electrons. The summed E-state index contributed by atoms with van der Waals surface area (Å²) < 4.78 is 80.4. The van der Waals surface area contributed by atoms with Crippen LogP contribution in [0.3, 0.4) is 0 Å². The summed E-state index contributed by atoms with van der Waals surface area (Å²) in [5.41, 5.74) is -0.573. The van der Waals surface area contributed by atoms with Gasteiger partial charge >= 0.3 is 16.3 Å². The highest BCUT2D eigenvalue weighted by Gasteiger charge is 2.34. The molecule has 0 saturated heterocycles. The Morgan fingerprint density at radius 2 is 1.83 bits per heavy atom. The number of halogens is 3. The van der Waals surface area contributed by atoms with Crippen molar-refractivity contribution in [3.8, 4) is 11.5 Å². The Morgan fingerprint density at radius 3 is 2.46 bits per heavy atom. The summed E-state index contributed by atoms with van der Waals surface area (Å²) >= 11 is 0. The predicted molar refractivity (Wildman–Crippen MR) is 118 cm³/mol. The second-order valence-electron chi connectivity index (χ2n) is 8.10. The SMILES string of the molecule is COc1ccc(CN(Cc2ccco2)C(=O)C2CC2)cc1OS(=O)(=O)c1cccc(C(F)(F)F)c1. The first-order valence-corrected chi connectivity index (χ1v) is 12.1. The van der Waals surface area contributed by atoms with Gasteiger partial charge in [-0.1, -0.05) is 12.1 Å². The van der Waals surface area contributed by atoms with Crippen molar-refractivity contribution in [2.45, 2.75) is 37.0 Å². The molecule has 1 aliphatic rings. The van der Waals surface area contributed by atoms with Crippen LogP contribution in [0.1, 0.15) is 29.7 Å². The Morgan fingerprint density at radius 1 is 1.06 bits per heavy atom. The minimum Gasteiger partial charge on any atom is -0.493 e. The van der Waals surface area contributed by atoms with E-state index in [1.807, 2.05) is 0 Å². The normalized spacial score (nSPS) is 13.9. The van der Waals surface area contributed by atoms with Crippen molar-refractivity contribution in [2.24, 2.45) is 5.92 Å². The van der Waals surface area contributed by atoms with Crippen molar-refractivity contribution in [1.29, 1.82) is 0 Å². The Labute approximate surface area is 200 Å². The number of carbonyl (C=O) groups is 1. The van der Waals surface area contributed by atoms with Gasteiger partial charge in [0.2, 0.25) is 5.91 Å². The maximum atomic E-state index is 13.0. The van der Waals surface area contributed by atoms with Crippen molar-refractivity contribution < 1.29 is 39.7 Å².